The number of para-hydroxylation sites is 1. The molecule has 0 saturated carbocycles. The van der Waals surface area contributed by atoms with Crippen molar-refractivity contribution in [3.8, 4) is 0 Å². The summed E-state index contributed by atoms with van der Waals surface area (Å²) in [7, 11) is 1.88. The third kappa shape index (κ3) is 2.50. The van der Waals surface area contributed by atoms with E-state index in [0.29, 0.717) is 6.42 Å². The van der Waals surface area contributed by atoms with Crippen molar-refractivity contribution in [2.24, 2.45) is 0 Å². The maximum Gasteiger partial charge on any atom is 0.222 e. The number of hydrogen-bond acceptors (Lipinski definition) is 1. The Labute approximate surface area is 130 Å². The van der Waals surface area contributed by atoms with E-state index in [9.17, 15) is 4.79 Å². The Morgan fingerprint density at radius 2 is 1.77 bits per heavy atom. The van der Waals surface area contributed by atoms with Gasteiger partial charge in [-0.25, -0.2) is 0 Å². The largest absolute Gasteiger partial charge is 0.361 e. The molecule has 0 aliphatic heterocycles. The van der Waals surface area contributed by atoms with Gasteiger partial charge in [0.25, 0.3) is 0 Å². The van der Waals surface area contributed by atoms with Gasteiger partial charge in [-0.1, -0.05) is 55.5 Å². The Hall–Kier alpha value is -2.55. The highest BCUT2D eigenvalue weighted by Gasteiger charge is 2.24. The van der Waals surface area contributed by atoms with E-state index in [0.717, 1.165) is 22.0 Å². The lowest BCUT2D eigenvalue weighted by Gasteiger charge is -2.28. The second-order valence-electron chi connectivity index (χ2n) is 5.46. The monoisotopic (exact) mass is 292 g/mol. The first-order valence-corrected chi connectivity index (χ1v) is 7.59. The quantitative estimate of drug-likeness (QED) is 0.771. The highest BCUT2D eigenvalue weighted by Crippen LogP contribution is 2.33. The van der Waals surface area contributed by atoms with Crippen molar-refractivity contribution in [2.75, 3.05) is 7.05 Å². The summed E-state index contributed by atoms with van der Waals surface area (Å²) in [6.45, 7) is 1.90. The van der Waals surface area contributed by atoms with Gasteiger partial charge < -0.3 is 9.88 Å². The van der Waals surface area contributed by atoms with Crippen molar-refractivity contribution in [1.82, 2.24) is 9.88 Å². The number of hydrogen-bond donors (Lipinski definition) is 1. The second-order valence-corrected chi connectivity index (χ2v) is 5.46. The molecule has 3 aromatic rings. The first-order valence-electron chi connectivity index (χ1n) is 7.59. The molecule has 0 aliphatic rings. The first kappa shape index (κ1) is 14.4. The summed E-state index contributed by atoms with van der Waals surface area (Å²) in [5.74, 6) is 0.138. The molecule has 0 unspecified atom stereocenters. The summed E-state index contributed by atoms with van der Waals surface area (Å²) < 4.78 is 0. The molecule has 0 saturated heterocycles. The van der Waals surface area contributed by atoms with Crippen LogP contribution in [0, 0.1) is 0 Å². The summed E-state index contributed by atoms with van der Waals surface area (Å²) in [5.41, 5.74) is 3.35. The number of nitrogens with zero attached hydrogens (tertiary/aromatic N) is 1. The van der Waals surface area contributed by atoms with Crippen molar-refractivity contribution in [3.05, 3.63) is 71.9 Å². The predicted octanol–water partition coefficient (Wildman–Crippen LogP) is 4.13. The summed E-state index contributed by atoms with van der Waals surface area (Å²) >= 11 is 0. The number of H-pyrrole nitrogens is 1. The minimum absolute atomic E-state index is 0.0789. The van der Waals surface area contributed by atoms with E-state index in [4.69, 9.17) is 0 Å². The fourth-order valence-electron chi connectivity index (χ4n) is 2.96. The summed E-state index contributed by atoms with van der Waals surface area (Å²) in [4.78, 5) is 17.4. The van der Waals surface area contributed by atoms with E-state index < -0.39 is 0 Å². The van der Waals surface area contributed by atoms with Crippen LogP contribution in [0.3, 0.4) is 0 Å². The molecule has 0 fully saturated rings. The minimum Gasteiger partial charge on any atom is -0.361 e. The minimum atomic E-state index is -0.0789. The highest BCUT2D eigenvalue weighted by molar-refractivity contribution is 5.85. The van der Waals surface area contributed by atoms with Crippen molar-refractivity contribution in [1.29, 1.82) is 0 Å². The number of benzene rings is 2. The van der Waals surface area contributed by atoms with Gasteiger partial charge in [-0.3, -0.25) is 4.79 Å². The van der Waals surface area contributed by atoms with E-state index in [1.54, 1.807) is 0 Å². The van der Waals surface area contributed by atoms with Crippen LogP contribution in [0.5, 0.6) is 0 Å². The van der Waals surface area contributed by atoms with Crippen molar-refractivity contribution in [2.45, 2.75) is 19.4 Å². The molecule has 0 radical (unpaired) electrons. The molecule has 1 heterocycles. The molecule has 1 N–H and O–H groups in total. The summed E-state index contributed by atoms with van der Waals surface area (Å²) in [5, 5.41) is 1.16. The van der Waals surface area contributed by atoms with Gasteiger partial charge in [0.1, 0.15) is 0 Å². The fraction of sp³-hybridized carbons (Fsp3) is 0.211. The van der Waals surface area contributed by atoms with Gasteiger partial charge in [-0.2, -0.15) is 0 Å². The number of amides is 1. The number of nitrogens with one attached hydrogen (secondary N) is 1. The molecule has 1 aromatic heterocycles. The number of rotatable bonds is 4. The van der Waals surface area contributed by atoms with E-state index in [1.807, 2.05) is 55.4 Å². The lowest BCUT2D eigenvalue weighted by Crippen LogP contribution is -2.31. The van der Waals surface area contributed by atoms with Gasteiger partial charge in [0.15, 0.2) is 0 Å². The standard InChI is InChI=1S/C19H20N2O/c1-3-18(22)21(2)19(14-9-5-4-6-10-14)16-13-20-17-12-8-7-11-15(16)17/h4-13,19-20H,3H2,1-2H3/t19-/m0/s1. The SMILES string of the molecule is CCC(=O)N(C)[C@@H](c1ccccc1)c1c[nH]c2ccccc12. The Bertz CT molecular complexity index is 776. The van der Waals surface area contributed by atoms with Crippen LogP contribution in [0.4, 0.5) is 0 Å². The topological polar surface area (TPSA) is 36.1 Å². The van der Waals surface area contributed by atoms with Crippen molar-refractivity contribution >= 4 is 16.8 Å². The van der Waals surface area contributed by atoms with Crippen LogP contribution in [-0.4, -0.2) is 22.8 Å². The van der Waals surface area contributed by atoms with Crippen LogP contribution < -0.4 is 0 Å². The molecule has 1 atom stereocenters. The fourth-order valence-corrected chi connectivity index (χ4v) is 2.96. The van der Waals surface area contributed by atoms with Gasteiger partial charge in [0, 0.05) is 36.1 Å². The summed E-state index contributed by atoms with van der Waals surface area (Å²) in [6, 6.07) is 18.3. The predicted molar refractivity (Wildman–Crippen MR) is 89.6 cm³/mol. The third-order valence-electron chi connectivity index (χ3n) is 4.11. The number of aromatic nitrogens is 1. The molecule has 2 aromatic carbocycles. The molecule has 22 heavy (non-hydrogen) atoms. The Morgan fingerprint density at radius 3 is 2.50 bits per heavy atom. The lowest BCUT2D eigenvalue weighted by molar-refractivity contribution is -0.131. The van der Waals surface area contributed by atoms with Crippen LogP contribution in [0.2, 0.25) is 0 Å². The number of fused-ring (bicyclic) bond motifs is 1. The molecular weight excluding hydrogens is 272 g/mol. The zero-order valence-electron chi connectivity index (χ0n) is 12.9. The number of carbonyl (C=O) groups excluding carboxylic acids is 1. The molecule has 0 bridgehead atoms. The van der Waals surface area contributed by atoms with Crippen LogP contribution in [0.1, 0.15) is 30.5 Å². The molecule has 3 rings (SSSR count). The van der Waals surface area contributed by atoms with E-state index in [1.165, 1.54) is 0 Å². The van der Waals surface area contributed by atoms with Gasteiger partial charge in [-0.05, 0) is 11.6 Å². The van der Waals surface area contributed by atoms with Crippen molar-refractivity contribution < 1.29 is 4.79 Å². The molecule has 0 spiro atoms. The van der Waals surface area contributed by atoms with E-state index in [2.05, 4.69) is 29.2 Å². The molecule has 3 heteroatoms. The Kier molecular flexibility index (Phi) is 3.96. The average Bonchev–Trinajstić information content (AvgIpc) is 2.99. The maximum atomic E-state index is 12.3. The summed E-state index contributed by atoms with van der Waals surface area (Å²) in [6.07, 6.45) is 2.52. The average molecular weight is 292 g/mol. The van der Waals surface area contributed by atoms with Crippen LogP contribution >= 0.6 is 0 Å². The maximum absolute atomic E-state index is 12.3. The molecule has 112 valence electrons. The van der Waals surface area contributed by atoms with Gasteiger partial charge in [0.05, 0.1) is 6.04 Å². The van der Waals surface area contributed by atoms with Crippen LogP contribution in [-0.2, 0) is 4.79 Å². The second kappa shape index (κ2) is 6.06. The smallest absolute Gasteiger partial charge is 0.222 e. The van der Waals surface area contributed by atoms with Crippen molar-refractivity contribution in [3.63, 3.8) is 0 Å². The van der Waals surface area contributed by atoms with Crippen LogP contribution in [0.15, 0.2) is 60.8 Å². The lowest BCUT2D eigenvalue weighted by atomic mass is 9.96. The number of aromatic amines is 1. The number of carbonyl (C=O) groups is 1. The van der Waals surface area contributed by atoms with Crippen LogP contribution in [0.25, 0.3) is 10.9 Å². The zero-order chi connectivity index (χ0) is 15.5. The van der Waals surface area contributed by atoms with Gasteiger partial charge in [-0.15, -0.1) is 0 Å². The molecule has 1 amide bonds. The molecule has 0 aliphatic carbocycles. The zero-order valence-corrected chi connectivity index (χ0v) is 12.9. The first-order chi connectivity index (χ1) is 10.7. The Morgan fingerprint density at radius 1 is 1.09 bits per heavy atom. The van der Waals surface area contributed by atoms with Gasteiger partial charge in [0.2, 0.25) is 5.91 Å². The third-order valence-corrected chi connectivity index (χ3v) is 4.11. The molecular formula is C19H20N2O. The van der Waals surface area contributed by atoms with E-state index in [-0.39, 0.29) is 11.9 Å². The van der Waals surface area contributed by atoms with E-state index >= 15 is 0 Å². The normalized spacial score (nSPS) is 12.3. The molecule has 3 nitrogen and oxygen atoms in total. The Balaban J connectivity index is 2.15. The highest BCUT2D eigenvalue weighted by atomic mass is 16.2. The van der Waals surface area contributed by atoms with Gasteiger partial charge >= 0.3 is 0 Å².